The maximum absolute atomic E-state index is 10.7. The van der Waals surface area contributed by atoms with Crippen LogP contribution in [0.15, 0.2) is 36.7 Å². The highest BCUT2D eigenvalue weighted by Gasteiger charge is 2.02. The number of aromatic nitrogens is 2. The summed E-state index contributed by atoms with van der Waals surface area (Å²) in [6, 6.07) is 6.37. The van der Waals surface area contributed by atoms with Crippen molar-refractivity contribution in [2.75, 3.05) is 6.61 Å². The minimum absolute atomic E-state index is 0.257. The molecule has 0 atom stereocenters. The van der Waals surface area contributed by atoms with E-state index in [2.05, 4.69) is 4.98 Å². The molecule has 0 fully saturated rings. The van der Waals surface area contributed by atoms with Crippen LogP contribution in [-0.4, -0.2) is 27.2 Å². The molecule has 0 aliphatic rings. The van der Waals surface area contributed by atoms with Crippen molar-refractivity contribution in [3.05, 3.63) is 48.0 Å². The van der Waals surface area contributed by atoms with Crippen LogP contribution in [0.1, 0.15) is 16.2 Å². The number of carboxylic acid groups (broad SMARTS) is 1. The van der Waals surface area contributed by atoms with Crippen molar-refractivity contribution in [2.45, 2.75) is 13.5 Å². The summed E-state index contributed by atoms with van der Waals surface area (Å²) >= 11 is 0. The third kappa shape index (κ3) is 2.88. The van der Waals surface area contributed by atoms with Gasteiger partial charge in [-0.05, 0) is 31.2 Å². The number of carboxylic acids is 1. The van der Waals surface area contributed by atoms with Crippen LogP contribution in [0.5, 0.6) is 5.75 Å². The molecule has 1 aromatic heterocycles. The van der Waals surface area contributed by atoms with Crippen molar-refractivity contribution < 1.29 is 14.6 Å². The van der Waals surface area contributed by atoms with E-state index in [1.165, 1.54) is 12.1 Å². The summed E-state index contributed by atoms with van der Waals surface area (Å²) in [6.07, 6.45) is 3.64. The molecule has 0 saturated heterocycles. The first-order chi connectivity index (χ1) is 8.66. The molecule has 0 amide bonds. The minimum Gasteiger partial charge on any atom is -0.492 e. The Kier molecular flexibility index (Phi) is 3.62. The molecule has 1 heterocycles. The van der Waals surface area contributed by atoms with Gasteiger partial charge in [-0.1, -0.05) is 0 Å². The molecule has 0 saturated carbocycles. The van der Waals surface area contributed by atoms with E-state index in [-0.39, 0.29) is 5.56 Å². The summed E-state index contributed by atoms with van der Waals surface area (Å²) in [6.45, 7) is 3.16. The van der Waals surface area contributed by atoms with Gasteiger partial charge in [0.1, 0.15) is 18.2 Å². The van der Waals surface area contributed by atoms with Crippen molar-refractivity contribution in [1.82, 2.24) is 9.55 Å². The van der Waals surface area contributed by atoms with Crippen molar-refractivity contribution in [2.24, 2.45) is 0 Å². The summed E-state index contributed by atoms with van der Waals surface area (Å²) in [4.78, 5) is 14.8. The van der Waals surface area contributed by atoms with Gasteiger partial charge in [0.2, 0.25) is 0 Å². The second-order valence-electron chi connectivity index (χ2n) is 3.85. The van der Waals surface area contributed by atoms with Gasteiger partial charge in [-0.15, -0.1) is 0 Å². The van der Waals surface area contributed by atoms with Gasteiger partial charge < -0.3 is 14.4 Å². The molecule has 0 aliphatic carbocycles. The predicted molar refractivity (Wildman–Crippen MR) is 65.9 cm³/mol. The van der Waals surface area contributed by atoms with Crippen molar-refractivity contribution in [3.8, 4) is 5.75 Å². The molecule has 2 rings (SSSR count). The lowest BCUT2D eigenvalue weighted by molar-refractivity contribution is 0.0697. The molecule has 0 bridgehead atoms. The largest absolute Gasteiger partial charge is 0.492 e. The maximum atomic E-state index is 10.7. The highest BCUT2D eigenvalue weighted by Crippen LogP contribution is 2.12. The highest BCUT2D eigenvalue weighted by molar-refractivity contribution is 5.87. The van der Waals surface area contributed by atoms with Crippen LogP contribution in [0, 0.1) is 6.92 Å². The molecule has 0 unspecified atom stereocenters. The minimum atomic E-state index is -0.935. The molecule has 1 N–H and O–H groups in total. The summed E-state index contributed by atoms with van der Waals surface area (Å²) in [5.41, 5.74) is 0.257. The number of aromatic carboxylic acids is 1. The van der Waals surface area contributed by atoms with Gasteiger partial charge in [-0.2, -0.15) is 0 Å². The third-order valence-electron chi connectivity index (χ3n) is 2.63. The molecule has 0 aliphatic heterocycles. The van der Waals surface area contributed by atoms with Crippen LogP contribution in [0.2, 0.25) is 0 Å². The molecule has 18 heavy (non-hydrogen) atoms. The maximum Gasteiger partial charge on any atom is 0.335 e. The number of nitrogens with zero attached hydrogens (tertiary/aromatic N) is 2. The Morgan fingerprint density at radius 2 is 2.11 bits per heavy atom. The monoisotopic (exact) mass is 246 g/mol. The first-order valence-corrected chi connectivity index (χ1v) is 5.61. The third-order valence-corrected chi connectivity index (χ3v) is 2.63. The van der Waals surface area contributed by atoms with Gasteiger partial charge in [-0.3, -0.25) is 0 Å². The highest BCUT2D eigenvalue weighted by atomic mass is 16.5. The first-order valence-electron chi connectivity index (χ1n) is 5.61. The smallest absolute Gasteiger partial charge is 0.335 e. The Labute approximate surface area is 105 Å². The lowest BCUT2D eigenvalue weighted by Crippen LogP contribution is -2.08. The van der Waals surface area contributed by atoms with Crippen molar-refractivity contribution in [1.29, 1.82) is 0 Å². The standard InChI is InChI=1S/C13H14N2O3/c1-10-14-6-7-15(10)8-9-18-12-4-2-11(3-5-12)13(16)17/h2-7H,8-9H2,1H3,(H,16,17). The van der Waals surface area contributed by atoms with Gasteiger partial charge in [0.25, 0.3) is 0 Å². The van der Waals surface area contributed by atoms with Crippen molar-refractivity contribution >= 4 is 5.97 Å². The molecule has 5 heteroatoms. The Morgan fingerprint density at radius 1 is 1.39 bits per heavy atom. The lowest BCUT2D eigenvalue weighted by Gasteiger charge is -2.08. The molecule has 5 nitrogen and oxygen atoms in total. The number of benzene rings is 1. The molecule has 1 aromatic carbocycles. The number of aryl methyl sites for hydroxylation is 1. The van der Waals surface area contributed by atoms with Crippen LogP contribution in [0.4, 0.5) is 0 Å². The second-order valence-corrected chi connectivity index (χ2v) is 3.85. The number of imidazole rings is 1. The molecule has 0 spiro atoms. The van der Waals surface area contributed by atoms with E-state index in [4.69, 9.17) is 9.84 Å². The van der Waals surface area contributed by atoms with E-state index in [9.17, 15) is 4.79 Å². The number of ether oxygens (including phenoxy) is 1. The van der Waals surface area contributed by atoms with Crippen LogP contribution in [0.25, 0.3) is 0 Å². The average Bonchev–Trinajstić information content (AvgIpc) is 2.76. The van der Waals surface area contributed by atoms with Gasteiger partial charge in [0.15, 0.2) is 0 Å². The molecule has 0 radical (unpaired) electrons. The normalized spacial score (nSPS) is 10.3. The second kappa shape index (κ2) is 5.35. The van der Waals surface area contributed by atoms with E-state index >= 15 is 0 Å². The van der Waals surface area contributed by atoms with Gasteiger partial charge >= 0.3 is 5.97 Å². The van der Waals surface area contributed by atoms with Crippen molar-refractivity contribution in [3.63, 3.8) is 0 Å². The van der Waals surface area contributed by atoms with E-state index in [1.807, 2.05) is 17.7 Å². The van der Waals surface area contributed by atoms with E-state index in [0.717, 1.165) is 5.82 Å². The van der Waals surface area contributed by atoms with Crippen LogP contribution in [-0.2, 0) is 6.54 Å². The summed E-state index contributed by atoms with van der Waals surface area (Å²) in [5, 5.41) is 8.76. The molecular weight excluding hydrogens is 232 g/mol. The molecule has 2 aromatic rings. The van der Waals surface area contributed by atoms with Crippen LogP contribution in [0.3, 0.4) is 0 Å². The number of rotatable bonds is 5. The Balaban J connectivity index is 1.87. The summed E-state index contributed by atoms with van der Waals surface area (Å²) in [7, 11) is 0. The Morgan fingerprint density at radius 3 is 2.67 bits per heavy atom. The number of carbonyl (C=O) groups is 1. The molecular formula is C13H14N2O3. The van der Waals surface area contributed by atoms with Gasteiger partial charge in [0.05, 0.1) is 12.1 Å². The van der Waals surface area contributed by atoms with E-state index in [0.29, 0.717) is 18.9 Å². The summed E-state index contributed by atoms with van der Waals surface area (Å²) < 4.78 is 7.52. The first kappa shape index (κ1) is 12.2. The Bertz CT molecular complexity index is 531. The zero-order chi connectivity index (χ0) is 13.0. The Hall–Kier alpha value is -2.30. The number of hydrogen-bond donors (Lipinski definition) is 1. The fourth-order valence-corrected chi connectivity index (χ4v) is 1.60. The average molecular weight is 246 g/mol. The van der Waals surface area contributed by atoms with Gasteiger partial charge in [0, 0.05) is 12.4 Å². The lowest BCUT2D eigenvalue weighted by atomic mass is 10.2. The summed E-state index contributed by atoms with van der Waals surface area (Å²) in [5.74, 6) is 0.674. The molecule has 94 valence electrons. The topological polar surface area (TPSA) is 64.4 Å². The predicted octanol–water partition coefficient (Wildman–Crippen LogP) is 1.97. The van der Waals surface area contributed by atoms with E-state index < -0.39 is 5.97 Å². The zero-order valence-electron chi connectivity index (χ0n) is 10.0. The van der Waals surface area contributed by atoms with Crippen LogP contribution < -0.4 is 4.74 Å². The van der Waals surface area contributed by atoms with Crippen LogP contribution >= 0.6 is 0 Å². The van der Waals surface area contributed by atoms with Gasteiger partial charge in [-0.25, -0.2) is 9.78 Å². The SMILES string of the molecule is Cc1nccn1CCOc1ccc(C(=O)O)cc1. The number of hydrogen-bond acceptors (Lipinski definition) is 3. The fraction of sp³-hybridized carbons (Fsp3) is 0.231. The quantitative estimate of drug-likeness (QED) is 0.876. The zero-order valence-corrected chi connectivity index (χ0v) is 10.0. The van der Waals surface area contributed by atoms with E-state index in [1.54, 1.807) is 18.3 Å². The fourth-order valence-electron chi connectivity index (χ4n) is 1.60.